The maximum absolute atomic E-state index is 13.0. The topological polar surface area (TPSA) is 62.2 Å². The molecule has 2 aliphatic rings. The van der Waals surface area contributed by atoms with Gasteiger partial charge in [0, 0.05) is 11.6 Å². The van der Waals surface area contributed by atoms with E-state index in [9.17, 15) is 4.79 Å². The highest BCUT2D eigenvalue weighted by Gasteiger charge is 2.41. The first-order valence-corrected chi connectivity index (χ1v) is 11.3. The van der Waals surface area contributed by atoms with Gasteiger partial charge in [-0.3, -0.25) is 14.4 Å². The van der Waals surface area contributed by atoms with Crippen molar-refractivity contribution in [2.45, 2.75) is 71.0 Å². The molecule has 2 saturated heterocycles. The van der Waals surface area contributed by atoms with E-state index < -0.39 is 0 Å². The summed E-state index contributed by atoms with van der Waals surface area (Å²) in [5.41, 5.74) is 4.06. The summed E-state index contributed by atoms with van der Waals surface area (Å²) < 4.78 is 1.98. The SMILES string of the molecule is Cc1nn(Cc2ccccc2)c(C)c1NC(=O)CN1CCC[C@@]2(C)NCCCC[C@H]12. The summed E-state index contributed by atoms with van der Waals surface area (Å²) in [5, 5.41) is 11.6. The molecule has 6 heteroatoms. The van der Waals surface area contributed by atoms with Gasteiger partial charge in [0.25, 0.3) is 0 Å². The lowest BCUT2D eigenvalue weighted by molar-refractivity contribution is -0.118. The number of rotatable bonds is 5. The summed E-state index contributed by atoms with van der Waals surface area (Å²) in [6.07, 6.45) is 5.96. The third kappa shape index (κ3) is 4.44. The van der Waals surface area contributed by atoms with E-state index in [1.807, 2.05) is 36.7 Å². The van der Waals surface area contributed by atoms with Gasteiger partial charge in [-0.15, -0.1) is 0 Å². The number of benzene rings is 1. The highest BCUT2D eigenvalue weighted by Crippen LogP contribution is 2.32. The van der Waals surface area contributed by atoms with Crippen molar-refractivity contribution in [2.24, 2.45) is 0 Å². The fourth-order valence-corrected chi connectivity index (χ4v) is 5.26. The predicted molar refractivity (Wildman–Crippen MR) is 121 cm³/mol. The van der Waals surface area contributed by atoms with Crippen molar-refractivity contribution in [3.05, 3.63) is 47.3 Å². The van der Waals surface area contributed by atoms with E-state index in [1.54, 1.807) is 0 Å². The molecule has 2 aromatic rings. The number of fused-ring (bicyclic) bond motifs is 1. The zero-order chi connectivity index (χ0) is 21.1. The van der Waals surface area contributed by atoms with Crippen LogP contribution in [0.2, 0.25) is 0 Å². The Balaban J connectivity index is 1.44. The normalized spacial score (nSPS) is 24.8. The molecule has 1 aromatic carbocycles. The number of likely N-dealkylation sites (tertiary alicyclic amines) is 1. The van der Waals surface area contributed by atoms with Crippen molar-refractivity contribution in [1.82, 2.24) is 20.0 Å². The highest BCUT2D eigenvalue weighted by atomic mass is 16.2. The Morgan fingerprint density at radius 3 is 2.83 bits per heavy atom. The van der Waals surface area contributed by atoms with Crippen molar-refractivity contribution in [3.8, 4) is 0 Å². The largest absolute Gasteiger partial charge is 0.322 e. The molecule has 30 heavy (non-hydrogen) atoms. The van der Waals surface area contributed by atoms with Crippen molar-refractivity contribution < 1.29 is 4.79 Å². The number of hydrogen-bond donors (Lipinski definition) is 2. The van der Waals surface area contributed by atoms with Gasteiger partial charge in [-0.1, -0.05) is 36.8 Å². The lowest BCUT2D eigenvalue weighted by atomic mass is 9.81. The number of piperidine rings is 1. The second kappa shape index (κ2) is 8.90. The Morgan fingerprint density at radius 2 is 2.03 bits per heavy atom. The quantitative estimate of drug-likeness (QED) is 0.794. The van der Waals surface area contributed by atoms with E-state index in [-0.39, 0.29) is 11.4 Å². The minimum Gasteiger partial charge on any atom is -0.322 e. The van der Waals surface area contributed by atoms with Crippen LogP contribution in [0.4, 0.5) is 5.69 Å². The van der Waals surface area contributed by atoms with Crippen LogP contribution in [0.25, 0.3) is 0 Å². The third-order valence-corrected chi connectivity index (χ3v) is 6.92. The smallest absolute Gasteiger partial charge is 0.238 e. The maximum atomic E-state index is 13.0. The molecule has 4 rings (SSSR count). The molecule has 0 spiro atoms. The summed E-state index contributed by atoms with van der Waals surface area (Å²) in [5.74, 6) is 0.0639. The van der Waals surface area contributed by atoms with Crippen molar-refractivity contribution in [2.75, 3.05) is 25.0 Å². The number of anilines is 1. The number of aryl methyl sites for hydroxylation is 1. The Labute approximate surface area is 180 Å². The summed E-state index contributed by atoms with van der Waals surface area (Å²) in [6, 6.07) is 10.7. The summed E-state index contributed by atoms with van der Waals surface area (Å²) in [7, 11) is 0. The van der Waals surface area contributed by atoms with Crippen molar-refractivity contribution in [1.29, 1.82) is 0 Å². The van der Waals surface area contributed by atoms with E-state index >= 15 is 0 Å². The van der Waals surface area contributed by atoms with Gasteiger partial charge in [0.1, 0.15) is 0 Å². The van der Waals surface area contributed by atoms with Gasteiger partial charge < -0.3 is 10.6 Å². The predicted octanol–water partition coefficient (Wildman–Crippen LogP) is 3.48. The third-order valence-electron chi connectivity index (χ3n) is 6.92. The Morgan fingerprint density at radius 1 is 1.23 bits per heavy atom. The lowest BCUT2D eigenvalue weighted by Crippen LogP contribution is -2.62. The zero-order valence-corrected chi connectivity index (χ0v) is 18.6. The summed E-state index contributed by atoms with van der Waals surface area (Å²) in [6.45, 7) is 9.59. The fraction of sp³-hybridized carbons (Fsp3) is 0.583. The van der Waals surface area contributed by atoms with Gasteiger partial charge in [0.05, 0.1) is 30.2 Å². The number of hydrogen-bond acceptors (Lipinski definition) is 4. The van der Waals surface area contributed by atoms with Gasteiger partial charge >= 0.3 is 0 Å². The van der Waals surface area contributed by atoms with Crippen LogP contribution >= 0.6 is 0 Å². The molecule has 2 fully saturated rings. The number of carbonyl (C=O) groups excluding carboxylic acids is 1. The number of aromatic nitrogens is 2. The first kappa shape index (κ1) is 21.1. The Kier molecular flexibility index (Phi) is 6.25. The molecule has 0 radical (unpaired) electrons. The average Bonchev–Trinajstić information content (AvgIpc) is 2.88. The molecule has 162 valence electrons. The number of carbonyl (C=O) groups is 1. The fourth-order valence-electron chi connectivity index (χ4n) is 5.26. The van der Waals surface area contributed by atoms with Crippen LogP contribution in [0, 0.1) is 13.8 Å². The van der Waals surface area contributed by atoms with Crippen LogP contribution in [0.3, 0.4) is 0 Å². The van der Waals surface area contributed by atoms with Gasteiger partial charge in [-0.2, -0.15) is 5.10 Å². The Hall–Kier alpha value is -2.18. The minimum absolute atomic E-state index is 0.0639. The summed E-state index contributed by atoms with van der Waals surface area (Å²) in [4.78, 5) is 15.4. The number of nitrogens with one attached hydrogen (secondary N) is 2. The molecule has 1 amide bonds. The maximum Gasteiger partial charge on any atom is 0.238 e. The number of amides is 1. The molecule has 2 atom stereocenters. The van der Waals surface area contributed by atoms with Crippen LogP contribution in [0.5, 0.6) is 0 Å². The summed E-state index contributed by atoms with van der Waals surface area (Å²) >= 11 is 0. The molecule has 1 aromatic heterocycles. The van der Waals surface area contributed by atoms with Crippen molar-refractivity contribution in [3.63, 3.8) is 0 Å². The molecule has 0 bridgehead atoms. The van der Waals surface area contributed by atoms with E-state index in [4.69, 9.17) is 0 Å². The van der Waals surface area contributed by atoms with Crippen LogP contribution < -0.4 is 10.6 Å². The average molecular weight is 410 g/mol. The second-order valence-corrected chi connectivity index (χ2v) is 9.17. The Bertz CT molecular complexity index is 877. The minimum atomic E-state index is 0.0639. The monoisotopic (exact) mass is 409 g/mol. The molecule has 3 heterocycles. The van der Waals surface area contributed by atoms with Gasteiger partial charge in [0.2, 0.25) is 5.91 Å². The second-order valence-electron chi connectivity index (χ2n) is 9.17. The zero-order valence-electron chi connectivity index (χ0n) is 18.6. The molecular weight excluding hydrogens is 374 g/mol. The van der Waals surface area contributed by atoms with Gasteiger partial charge in [-0.05, 0) is 65.1 Å². The van der Waals surface area contributed by atoms with Crippen LogP contribution in [0.15, 0.2) is 30.3 Å². The van der Waals surface area contributed by atoms with E-state index in [2.05, 4.69) is 39.7 Å². The standard InChI is InChI=1S/C24H35N5O/c1-18-23(19(2)29(27-18)16-20-10-5-4-6-11-20)26-22(30)17-28-15-9-13-24(3)21(28)12-7-8-14-25-24/h4-6,10-11,21,25H,7-9,12-17H2,1-3H3,(H,26,30)/t21-,24+/m0/s1. The van der Waals surface area contributed by atoms with Crippen molar-refractivity contribution >= 4 is 11.6 Å². The van der Waals surface area contributed by atoms with E-state index in [0.29, 0.717) is 19.1 Å². The molecule has 0 aliphatic carbocycles. The van der Waals surface area contributed by atoms with Crippen LogP contribution in [0.1, 0.15) is 56.0 Å². The molecule has 2 N–H and O–H groups in total. The van der Waals surface area contributed by atoms with Gasteiger partial charge in [-0.25, -0.2) is 0 Å². The van der Waals surface area contributed by atoms with Crippen LogP contribution in [-0.4, -0.2) is 51.8 Å². The van der Waals surface area contributed by atoms with E-state index in [1.165, 1.54) is 31.2 Å². The highest BCUT2D eigenvalue weighted by molar-refractivity contribution is 5.93. The first-order chi connectivity index (χ1) is 14.5. The molecule has 2 aliphatic heterocycles. The van der Waals surface area contributed by atoms with E-state index in [0.717, 1.165) is 36.6 Å². The molecule has 6 nitrogen and oxygen atoms in total. The molecule has 0 unspecified atom stereocenters. The first-order valence-electron chi connectivity index (χ1n) is 11.3. The molecule has 0 saturated carbocycles. The number of nitrogens with zero attached hydrogens (tertiary/aromatic N) is 3. The lowest BCUT2D eigenvalue weighted by Gasteiger charge is -2.48. The van der Waals surface area contributed by atoms with Crippen LogP contribution in [-0.2, 0) is 11.3 Å². The molecular formula is C24H35N5O. The van der Waals surface area contributed by atoms with Gasteiger partial charge in [0.15, 0.2) is 0 Å².